The molecule has 2 aromatic carbocycles. The van der Waals surface area contributed by atoms with Gasteiger partial charge in [0.05, 0.1) is 17.5 Å². The lowest BCUT2D eigenvalue weighted by molar-refractivity contribution is -0.123. The van der Waals surface area contributed by atoms with Crippen LogP contribution in [0, 0.1) is 5.82 Å². The first-order chi connectivity index (χ1) is 12.2. The first-order valence-corrected chi connectivity index (χ1v) is 9.39. The van der Waals surface area contributed by atoms with Crippen molar-refractivity contribution in [3.8, 4) is 0 Å². The van der Waals surface area contributed by atoms with E-state index in [0.29, 0.717) is 0 Å². The largest absolute Gasteiger partial charge is 0.449 e. The molecule has 0 aliphatic heterocycles. The van der Waals surface area contributed by atoms with Crippen LogP contribution < -0.4 is 10.0 Å². The number of nitrogens with one attached hydrogen (secondary N) is 2. The second-order valence-corrected chi connectivity index (χ2v) is 7.22. The molecule has 0 saturated carbocycles. The standard InChI is InChI=1S/C17H17FN2O5S/c1-11(16(21)19-13-7-5-6-12(18)10-13)25-17(22)14-8-3-4-9-15(14)20-26(2,23)24/h3-11,20H,1-2H3,(H,19,21)/t11-/m1/s1. The van der Waals surface area contributed by atoms with Gasteiger partial charge in [-0.15, -0.1) is 0 Å². The van der Waals surface area contributed by atoms with Crippen molar-refractivity contribution in [2.45, 2.75) is 13.0 Å². The molecular weight excluding hydrogens is 363 g/mol. The lowest BCUT2D eigenvalue weighted by Gasteiger charge is -2.15. The molecule has 0 unspecified atom stereocenters. The Morgan fingerprint density at radius 3 is 2.46 bits per heavy atom. The molecule has 0 aliphatic carbocycles. The zero-order chi connectivity index (χ0) is 19.3. The van der Waals surface area contributed by atoms with Gasteiger partial charge in [0, 0.05) is 5.69 Å². The Labute approximate surface area is 150 Å². The number of amides is 1. The van der Waals surface area contributed by atoms with Crippen LogP contribution in [0.5, 0.6) is 0 Å². The molecule has 0 radical (unpaired) electrons. The number of carbonyl (C=O) groups excluding carboxylic acids is 2. The quantitative estimate of drug-likeness (QED) is 0.749. The number of carbonyl (C=O) groups is 2. The number of para-hydroxylation sites is 1. The van der Waals surface area contributed by atoms with E-state index in [0.717, 1.165) is 12.3 Å². The highest BCUT2D eigenvalue weighted by atomic mass is 32.2. The number of halogens is 1. The van der Waals surface area contributed by atoms with Crippen molar-refractivity contribution in [1.29, 1.82) is 0 Å². The summed E-state index contributed by atoms with van der Waals surface area (Å²) in [5.74, 6) is -2.05. The van der Waals surface area contributed by atoms with Gasteiger partial charge in [-0.3, -0.25) is 9.52 Å². The topological polar surface area (TPSA) is 102 Å². The summed E-state index contributed by atoms with van der Waals surface area (Å²) in [6, 6.07) is 11.1. The number of anilines is 2. The summed E-state index contributed by atoms with van der Waals surface area (Å²) in [6.45, 7) is 1.35. The number of esters is 1. The molecule has 2 aromatic rings. The minimum absolute atomic E-state index is 0.0386. The van der Waals surface area contributed by atoms with Gasteiger partial charge in [0.15, 0.2) is 6.10 Å². The number of hydrogen-bond donors (Lipinski definition) is 2. The Kier molecular flexibility index (Phi) is 5.93. The van der Waals surface area contributed by atoms with Crippen molar-refractivity contribution in [2.24, 2.45) is 0 Å². The van der Waals surface area contributed by atoms with Gasteiger partial charge in [0.2, 0.25) is 10.0 Å². The van der Waals surface area contributed by atoms with Crippen molar-refractivity contribution in [1.82, 2.24) is 0 Å². The predicted molar refractivity (Wildman–Crippen MR) is 94.8 cm³/mol. The first kappa shape index (κ1) is 19.4. The fraction of sp³-hybridized carbons (Fsp3) is 0.176. The molecule has 2 rings (SSSR count). The van der Waals surface area contributed by atoms with E-state index in [1.807, 2.05) is 0 Å². The van der Waals surface area contributed by atoms with Crippen molar-refractivity contribution in [2.75, 3.05) is 16.3 Å². The predicted octanol–water partition coefficient (Wildman–Crippen LogP) is 2.38. The molecule has 0 spiro atoms. The lowest BCUT2D eigenvalue weighted by atomic mass is 10.2. The van der Waals surface area contributed by atoms with Crippen molar-refractivity contribution < 1.29 is 27.1 Å². The van der Waals surface area contributed by atoms with E-state index in [2.05, 4.69) is 10.0 Å². The molecular formula is C17H17FN2O5S. The third-order valence-electron chi connectivity index (χ3n) is 3.19. The van der Waals surface area contributed by atoms with E-state index < -0.39 is 33.8 Å². The van der Waals surface area contributed by atoms with Crippen molar-refractivity contribution in [3.63, 3.8) is 0 Å². The molecule has 0 fully saturated rings. The molecule has 26 heavy (non-hydrogen) atoms. The maximum Gasteiger partial charge on any atom is 0.341 e. The molecule has 0 aromatic heterocycles. The van der Waals surface area contributed by atoms with Gasteiger partial charge in [0.25, 0.3) is 5.91 Å². The van der Waals surface area contributed by atoms with E-state index >= 15 is 0 Å². The Morgan fingerprint density at radius 1 is 1.12 bits per heavy atom. The summed E-state index contributed by atoms with van der Waals surface area (Å²) in [4.78, 5) is 24.4. The van der Waals surface area contributed by atoms with Gasteiger partial charge in [-0.25, -0.2) is 17.6 Å². The van der Waals surface area contributed by atoms with Gasteiger partial charge in [-0.1, -0.05) is 18.2 Å². The second-order valence-electron chi connectivity index (χ2n) is 5.47. The zero-order valence-corrected chi connectivity index (χ0v) is 14.8. The Balaban J connectivity index is 2.08. The zero-order valence-electron chi connectivity index (χ0n) is 14.0. The number of sulfonamides is 1. The molecule has 2 N–H and O–H groups in total. The monoisotopic (exact) mass is 380 g/mol. The second kappa shape index (κ2) is 7.96. The SMILES string of the molecule is C[C@@H](OC(=O)c1ccccc1NS(C)(=O)=O)C(=O)Nc1cccc(F)c1. The van der Waals surface area contributed by atoms with Gasteiger partial charge >= 0.3 is 5.97 Å². The molecule has 0 bridgehead atoms. The van der Waals surface area contributed by atoms with Crippen LogP contribution in [0.3, 0.4) is 0 Å². The lowest BCUT2D eigenvalue weighted by Crippen LogP contribution is -2.30. The van der Waals surface area contributed by atoms with Crippen LogP contribution in [0.25, 0.3) is 0 Å². The first-order valence-electron chi connectivity index (χ1n) is 7.50. The molecule has 7 nitrogen and oxygen atoms in total. The normalized spacial score (nSPS) is 12.1. The molecule has 1 amide bonds. The Bertz CT molecular complexity index is 930. The number of hydrogen-bond acceptors (Lipinski definition) is 5. The highest BCUT2D eigenvalue weighted by Gasteiger charge is 2.21. The summed E-state index contributed by atoms with van der Waals surface area (Å²) in [5.41, 5.74) is 0.220. The molecule has 1 atom stereocenters. The van der Waals surface area contributed by atoms with Crippen molar-refractivity contribution >= 4 is 33.3 Å². The Hall–Kier alpha value is -2.94. The molecule has 0 heterocycles. The van der Waals surface area contributed by atoms with Crippen LogP contribution in [0.4, 0.5) is 15.8 Å². The minimum atomic E-state index is -3.60. The number of benzene rings is 2. The average molecular weight is 380 g/mol. The van der Waals surface area contributed by atoms with Gasteiger partial charge in [0.1, 0.15) is 5.82 Å². The van der Waals surface area contributed by atoms with E-state index in [1.165, 1.54) is 43.3 Å². The van der Waals surface area contributed by atoms with Crippen LogP contribution in [-0.2, 0) is 19.6 Å². The highest BCUT2D eigenvalue weighted by molar-refractivity contribution is 7.92. The maximum absolute atomic E-state index is 13.1. The van der Waals surface area contributed by atoms with Gasteiger partial charge in [-0.2, -0.15) is 0 Å². The van der Waals surface area contributed by atoms with Crippen LogP contribution in [0.2, 0.25) is 0 Å². The summed E-state index contributed by atoms with van der Waals surface area (Å²) in [6.07, 6.45) is -0.235. The Morgan fingerprint density at radius 2 is 1.81 bits per heavy atom. The van der Waals surface area contributed by atoms with Gasteiger partial charge in [-0.05, 0) is 37.3 Å². The van der Waals surface area contributed by atoms with E-state index in [9.17, 15) is 22.4 Å². The fourth-order valence-corrected chi connectivity index (χ4v) is 2.62. The fourth-order valence-electron chi connectivity index (χ4n) is 2.04. The number of ether oxygens (including phenoxy) is 1. The van der Waals surface area contributed by atoms with Crippen LogP contribution >= 0.6 is 0 Å². The van der Waals surface area contributed by atoms with Gasteiger partial charge < -0.3 is 10.1 Å². The third kappa shape index (κ3) is 5.55. The third-order valence-corrected chi connectivity index (χ3v) is 3.78. The van der Waals surface area contributed by atoms with E-state index in [-0.39, 0.29) is 16.9 Å². The van der Waals surface area contributed by atoms with Crippen LogP contribution in [-0.4, -0.2) is 32.7 Å². The molecule has 0 aliphatic rings. The highest BCUT2D eigenvalue weighted by Crippen LogP contribution is 2.18. The summed E-state index contributed by atoms with van der Waals surface area (Å²) < 4.78 is 43.2. The van der Waals surface area contributed by atoms with Crippen LogP contribution in [0.15, 0.2) is 48.5 Å². The molecule has 138 valence electrons. The molecule has 0 saturated heterocycles. The number of rotatable bonds is 6. The summed E-state index contributed by atoms with van der Waals surface area (Å²) in [7, 11) is -3.60. The molecule has 9 heteroatoms. The van der Waals surface area contributed by atoms with Crippen molar-refractivity contribution in [3.05, 3.63) is 59.9 Å². The maximum atomic E-state index is 13.1. The van der Waals surface area contributed by atoms with E-state index in [1.54, 1.807) is 6.07 Å². The summed E-state index contributed by atoms with van der Waals surface area (Å²) >= 11 is 0. The smallest absolute Gasteiger partial charge is 0.341 e. The minimum Gasteiger partial charge on any atom is -0.449 e. The average Bonchev–Trinajstić information content (AvgIpc) is 2.53. The van der Waals surface area contributed by atoms with Crippen LogP contribution in [0.1, 0.15) is 17.3 Å². The van der Waals surface area contributed by atoms with E-state index in [4.69, 9.17) is 4.74 Å². The summed E-state index contributed by atoms with van der Waals surface area (Å²) in [5, 5.41) is 2.42.